The number of carbonyl (C=O) groups excluding carboxylic acids is 1. The molecule has 1 heterocycles. The van der Waals surface area contributed by atoms with Gasteiger partial charge in [-0.2, -0.15) is 18.2 Å². The number of hydrogen-bond donors (Lipinski definition) is 1. The molecule has 1 aromatic heterocycles. The monoisotopic (exact) mass is 437 g/mol. The molecule has 0 saturated heterocycles. The molecule has 0 atom stereocenters. The molecule has 31 heavy (non-hydrogen) atoms. The van der Waals surface area contributed by atoms with Gasteiger partial charge in [-0.3, -0.25) is 4.79 Å². The number of amides is 1. The maximum Gasteiger partial charge on any atom is 0.411 e. The van der Waals surface area contributed by atoms with Crippen LogP contribution < -0.4 is 5.32 Å². The van der Waals surface area contributed by atoms with Crippen molar-refractivity contribution in [1.29, 1.82) is 0 Å². The highest BCUT2D eigenvalue weighted by molar-refractivity contribution is 5.76. The molecule has 0 aliphatic rings. The van der Waals surface area contributed by atoms with E-state index in [-0.39, 0.29) is 43.6 Å². The fourth-order valence-corrected chi connectivity index (χ4v) is 2.62. The number of nitrogens with zero attached hydrogens (tertiary/aromatic N) is 2. The van der Waals surface area contributed by atoms with E-state index < -0.39 is 12.8 Å². The van der Waals surface area contributed by atoms with Crippen molar-refractivity contribution < 1.29 is 31.6 Å². The molecule has 2 aromatic carbocycles. The molecule has 0 bridgehead atoms. The summed E-state index contributed by atoms with van der Waals surface area (Å²) in [6.45, 7) is -1.17. The highest BCUT2D eigenvalue weighted by Gasteiger charge is 2.27. The summed E-state index contributed by atoms with van der Waals surface area (Å²) in [6.07, 6.45) is -3.97. The van der Waals surface area contributed by atoms with Crippen molar-refractivity contribution >= 4 is 5.91 Å². The topological polar surface area (TPSA) is 77.2 Å². The first kappa shape index (κ1) is 22.4. The Morgan fingerprint density at radius 3 is 2.39 bits per heavy atom. The molecule has 0 fully saturated rings. The van der Waals surface area contributed by atoms with Crippen molar-refractivity contribution in [2.24, 2.45) is 0 Å². The van der Waals surface area contributed by atoms with E-state index in [1.165, 1.54) is 24.3 Å². The van der Waals surface area contributed by atoms with Gasteiger partial charge in [0.05, 0.1) is 6.61 Å². The van der Waals surface area contributed by atoms with E-state index in [0.29, 0.717) is 17.0 Å². The zero-order valence-electron chi connectivity index (χ0n) is 16.3. The van der Waals surface area contributed by atoms with Crippen LogP contribution in [0.25, 0.3) is 11.4 Å². The average molecular weight is 437 g/mol. The summed E-state index contributed by atoms with van der Waals surface area (Å²) < 4.78 is 58.9. The van der Waals surface area contributed by atoms with Crippen LogP contribution in [0.3, 0.4) is 0 Å². The third-order valence-corrected chi connectivity index (χ3v) is 4.18. The van der Waals surface area contributed by atoms with Gasteiger partial charge in [-0.15, -0.1) is 0 Å². The molecule has 10 heteroatoms. The number of hydrogen-bond acceptors (Lipinski definition) is 5. The van der Waals surface area contributed by atoms with Crippen LogP contribution >= 0.6 is 0 Å². The van der Waals surface area contributed by atoms with Gasteiger partial charge in [-0.25, -0.2) is 4.39 Å². The third-order valence-electron chi connectivity index (χ3n) is 4.18. The molecule has 0 saturated carbocycles. The van der Waals surface area contributed by atoms with Gasteiger partial charge in [0.25, 0.3) is 0 Å². The Hall–Kier alpha value is -3.27. The molecule has 6 nitrogen and oxygen atoms in total. The molecule has 3 aromatic rings. The zero-order valence-corrected chi connectivity index (χ0v) is 16.3. The first-order valence-electron chi connectivity index (χ1n) is 9.36. The van der Waals surface area contributed by atoms with Crippen LogP contribution in [-0.2, 0) is 29.1 Å². The Morgan fingerprint density at radius 1 is 1.03 bits per heavy atom. The first-order chi connectivity index (χ1) is 14.8. The van der Waals surface area contributed by atoms with Crippen LogP contribution in [0.1, 0.15) is 23.4 Å². The van der Waals surface area contributed by atoms with Gasteiger partial charge in [0.1, 0.15) is 12.4 Å². The standard InChI is InChI=1S/C21H19F4N3O3/c22-17-7-5-16(6-8-17)20-27-19(31-28-20)10-9-18(29)26-11-14-1-3-15(4-2-14)12-30-13-21(23,24)25/h1-8H,9-13H2,(H,26,29). The largest absolute Gasteiger partial charge is 0.411 e. The second-order valence-electron chi connectivity index (χ2n) is 6.72. The molecule has 164 valence electrons. The Kier molecular flexibility index (Phi) is 7.35. The number of aryl methyl sites for hydroxylation is 1. The Morgan fingerprint density at radius 2 is 1.71 bits per heavy atom. The lowest BCUT2D eigenvalue weighted by Gasteiger charge is -2.08. The van der Waals surface area contributed by atoms with Gasteiger partial charge in [0, 0.05) is 24.9 Å². The van der Waals surface area contributed by atoms with Crippen molar-refractivity contribution in [3.05, 3.63) is 71.4 Å². The van der Waals surface area contributed by atoms with Crippen molar-refractivity contribution in [2.45, 2.75) is 32.2 Å². The summed E-state index contributed by atoms with van der Waals surface area (Å²) in [7, 11) is 0. The highest BCUT2D eigenvalue weighted by Crippen LogP contribution is 2.17. The van der Waals surface area contributed by atoms with Crippen LogP contribution in [-0.4, -0.2) is 28.8 Å². The Labute approximate surface area is 175 Å². The number of rotatable bonds is 9. The number of benzene rings is 2. The average Bonchev–Trinajstić information content (AvgIpc) is 3.20. The van der Waals surface area contributed by atoms with Crippen LogP contribution in [0.5, 0.6) is 0 Å². The summed E-state index contributed by atoms with van der Waals surface area (Å²) in [5.74, 6) is 0.0140. The molecule has 0 radical (unpaired) electrons. The zero-order chi connectivity index (χ0) is 22.3. The van der Waals surface area contributed by atoms with E-state index in [9.17, 15) is 22.4 Å². The highest BCUT2D eigenvalue weighted by atomic mass is 19.4. The van der Waals surface area contributed by atoms with Crippen molar-refractivity contribution in [3.8, 4) is 11.4 Å². The maximum atomic E-state index is 13.0. The second kappa shape index (κ2) is 10.2. The predicted octanol–water partition coefficient (Wildman–Crippen LogP) is 4.20. The van der Waals surface area contributed by atoms with Crippen LogP contribution in [0.15, 0.2) is 53.1 Å². The lowest BCUT2D eigenvalue weighted by Crippen LogP contribution is -2.23. The minimum atomic E-state index is -4.35. The van der Waals surface area contributed by atoms with Crippen molar-refractivity contribution in [2.75, 3.05) is 6.61 Å². The lowest BCUT2D eigenvalue weighted by atomic mass is 10.1. The number of halogens is 4. The molecule has 0 aliphatic carbocycles. The lowest BCUT2D eigenvalue weighted by molar-refractivity contribution is -0.176. The van der Waals surface area contributed by atoms with E-state index in [0.717, 1.165) is 5.56 Å². The van der Waals surface area contributed by atoms with Crippen LogP contribution in [0.4, 0.5) is 17.6 Å². The minimum absolute atomic E-state index is 0.133. The normalized spacial score (nSPS) is 11.5. The smallest absolute Gasteiger partial charge is 0.367 e. The maximum absolute atomic E-state index is 13.0. The first-order valence-corrected chi connectivity index (χ1v) is 9.36. The number of alkyl halides is 3. The van der Waals surface area contributed by atoms with Crippen molar-refractivity contribution in [1.82, 2.24) is 15.5 Å². The molecule has 0 aliphatic heterocycles. The van der Waals surface area contributed by atoms with E-state index in [4.69, 9.17) is 4.52 Å². The quantitative estimate of drug-likeness (QED) is 0.508. The van der Waals surface area contributed by atoms with E-state index >= 15 is 0 Å². The fourth-order valence-electron chi connectivity index (χ4n) is 2.62. The Balaban J connectivity index is 1.40. The number of ether oxygens (including phenoxy) is 1. The fraction of sp³-hybridized carbons (Fsp3) is 0.286. The molecular weight excluding hydrogens is 418 g/mol. The van der Waals surface area contributed by atoms with Gasteiger partial charge >= 0.3 is 6.18 Å². The molecule has 3 rings (SSSR count). The van der Waals surface area contributed by atoms with E-state index in [1.54, 1.807) is 24.3 Å². The number of aromatic nitrogens is 2. The van der Waals surface area contributed by atoms with Gasteiger partial charge in [-0.1, -0.05) is 29.4 Å². The molecule has 0 spiro atoms. The summed E-state index contributed by atoms with van der Waals surface area (Å²) in [6, 6.07) is 12.4. The minimum Gasteiger partial charge on any atom is -0.367 e. The predicted molar refractivity (Wildman–Crippen MR) is 102 cm³/mol. The summed E-state index contributed by atoms with van der Waals surface area (Å²) >= 11 is 0. The van der Waals surface area contributed by atoms with Gasteiger partial charge in [0.15, 0.2) is 0 Å². The summed E-state index contributed by atoms with van der Waals surface area (Å²) in [4.78, 5) is 16.2. The Bertz CT molecular complexity index is 986. The molecule has 0 unspecified atom stereocenters. The van der Waals surface area contributed by atoms with Gasteiger partial charge < -0.3 is 14.6 Å². The van der Waals surface area contributed by atoms with E-state index in [2.05, 4.69) is 20.2 Å². The van der Waals surface area contributed by atoms with Crippen LogP contribution in [0.2, 0.25) is 0 Å². The SMILES string of the molecule is O=C(CCc1nc(-c2ccc(F)cc2)no1)NCc1ccc(COCC(F)(F)F)cc1. The van der Waals surface area contributed by atoms with Gasteiger partial charge in [0.2, 0.25) is 17.6 Å². The molecule has 1 N–H and O–H groups in total. The van der Waals surface area contributed by atoms with E-state index in [1.807, 2.05) is 0 Å². The number of nitrogens with one attached hydrogen (secondary N) is 1. The third kappa shape index (κ3) is 7.49. The number of carbonyl (C=O) groups is 1. The second-order valence-corrected chi connectivity index (χ2v) is 6.72. The summed E-state index contributed by atoms with van der Waals surface area (Å²) in [5.41, 5.74) is 2.00. The van der Waals surface area contributed by atoms with Gasteiger partial charge in [-0.05, 0) is 35.4 Å². The molecular formula is C21H19F4N3O3. The van der Waals surface area contributed by atoms with Crippen LogP contribution in [0, 0.1) is 5.82 Å². The van der Waals surface area contributed by atoms with Crippen molar-refractivity contribution in [3.63, 3.8) is 0 Å². The summed E-state index contributed by atoms with van der Waals surface area (Å²) in [5, 5.41) is 6.56. The molecule has 1 amide bonds.